The number of hydrogen-bond acceptors (Lipinski definition) is 6. The van der Waals surface area contributed by atoms with E-state index in [-0.39, 0.29) is 22.0 Å². The lowest BCUT2D eigenvalue weighted by Crippen LogP contribution is -2.16. The topological polar surface area (TPSA) is 139 Å². The number of nitro groups is 1. The largest absolute Gasteiger partial charge is 0.507 e. The van der Waals surface area contributed by atoms with Crippen LogP contribution in [0.2, 0.25) is 5.02 Å². The maximum atomic E-state index is 11.7. The fourth-order valence-electron chi connectivity index (χ4n) is 1.74. The molecule has 2 rings (SSSR count). The van der Waals surface area contributed by atoms with Crippen molar-refractivity contribution < 1.29 is 29.5 Å². The molecular weight excluding hydrogens is 344 g/mol. The van der Waals surface area contributed by atoms with Crippen molar-refractivity contribution in [2.75, 3.05) is 5.32 Å². The fraction of sp³-hybridized carbons (Fsp3) is 0. The van der Waals surface area contributed by atoms with E-state index in [4.69, 9.17) is 21.4 Å². The van der Waals surface area contributed by atoms with Crippen LogP contribution < -0.4 is 10.1 Å². The molecule has 0 aliphatic carbocycles. The Morgan fingerprint density at radius 1 is 1.21 bits per heavy atom. The lowest BCUT2D eigenvalue weighted by Gasteiger charge is -2.08. The van der Waals surface area contributed by atoms with Crippen LogP contribution in [-0.4, -0.2) is 27.2 Å². The molecule has 0 fully saturated rings. The van der Waals surface area contributed by atoms with Crippen molar-refractivity contribution in [1.29, 1.82) is 0 Å². The molecule has 0 heterocycles. The van der Waals surface area contributed by atoms with Gasteiger partial charge in [0.1, 0.15) is 22.1 Å². The number of phenols is 1. The minimum absolute atomic E-state index is 0.0750. The summed E-state index contributed by atoms with van der Waals surface area (Å²) in [6, 6.07) is 6.81. The summed E-state index contributed by atoms with van der Waals surface area (Å²) in [5.74, 6) is -1.98. The number of rotatable bonds is 4. The Labute approximate surface area is 139 Å². The average molecular weight is 353 g/mol. The third-order valence-corrected chi connectivity index (χ3v) is 3.12. The number of nitrogens with zero attached hydrogens (tertiary/aromatic N) is 1. The van der Waals surface area contributed by atoms with Crippen molar-refractivity contribution in [3.05, 3.63) is 57.1 Å². The van der Waals surface area contributed by atoms with Crippen LogP contribution >= 0.6 is 11.6 Å². The molecule has 2 aromatic rings. The SMILES string of the molecule is O=C(Nc1ccc(C(=O)O)c(O)c1)Oc1ccc(Cl)c([N+](=O)[O-])c1. The van der Waals surface area contributed by atoms with Crippen LogP contribution in [0, 0.1) is 10.1 Å². The summed E-state index contributed by atoms with van der Waals surface area (Å²) < 4.78 is 4.87. The monoisotopic (exact) mass is 352 g/mol. The van der Waals surface area contributed by atoms with Crippen molar-refractivity contribution in [3.63, 3.8) is 0 Å². The molecule has 0 unspecified atom stereocenters. The van der Waals surface area contributed by atoms with Crippen molar-refractivity contribution in [3.8, 4) is 11.5 Å². The Balaban J connectivity index is 2.11. The van der Waals surface area contributed by atoms with E-state index in [0.717, 1.165) is 18.2 Å². The molecule has 0 aromatic heterocycles. The number of nitro benzene ring substituents is 1. The highest BCUT2D eigenvalue weighted by atomic mass is 35.5. The second-order valence-electron chi connectivity index (χ2n) is 4.42. The van der Waals surface area contributed by atoms with Gasteiger partial charge in [0.25, 0.3) is 5.69 Å². The predicted octanol–water partition coefficient (Wildman–Crippen LogP) is 3.26. The predicted molar refractivity (Wildman–Crippen MR) is 82.8 cm³/mol. The minimum atomic E-state index is -1.32. The summed E-state index contributed by atoms with van der Waals surface area (Å²) in [6.45, 7) is 0. The van der Waals surface area contributed by atoms with Crippen LogP contribution in [0.25, 0.3) is 0 Å². The van der Waals surface area contributed by atoms with E-state index in [2.05, 4.69) is 5.32 Å². The molecule has 0 aliphatic heterocycles. The summed E-state index contributed by atoms with van der Waals surface area (Å²) >= 11 is 5.64. The van der Waals surface area contributed by atoms with Crippen LogP contribution in [-0.2, 0) is 0 Å². The van der Waals surface area contributed by atoms with Gasteiger partial charge in [-0.15, -0.1) is 0 Å². The number of carbonyl (C=O) groups is 2. The first-order chi connectivity index (χ1) is 11.3. The van der Waals surface area contributed by atoms with Crippen LogP contribution in [0.1, 0.15) is 10.4 Å². The molecule has 0 radical (unpaired) electrons. The standard InChI is InChI=1S/C14H9ClN2O7/c15-10-4-2-8(6-11(10)17(22)23)24-14(21)16-7-1-3-9(13(19)20)12(18)5-7/h1-6,18H,(H,16,21)(H,19,20). The van der Waals surface area contributed by atoms with Gasteiger partial charge in [0.15, 0.2) is 0 Å². The number of carboxylic acid groups (broad SMARTS) is 1. The molecule has 0 aliphatic rings. The maximum absolute atomic E-state index is 11.7. The molecule has 3 N–H and O–H groups in total. The Kier molecular flexibility index (Phi) is 4.85. The molecule has 10 heteroatoms. The average Bonchev–Trinajstić information content (AvgIpc) is 2.48. The number of amides is 1. The van der Waals surface area contributed by atoms with Crippen LogP contribution in [0.3, 0.4) is 0 Å². The maximum Gasteiger partial charge on any atom is 0.417 e. The molecule has 1 amide bonds. The van der Waals surface area contributed by atoms with Crippen LogP contribution in [0.15, 0.2) is 36.4 Å². The smallest absolute Gasteiger partial charge is 0.417 e. The Bertz CT molecular complexity index is 838. The number of anilines is 1. The van der Waals surface area contributed by atoms with E-state index < -0.39 is 28.4 Å². The second-order valence-corrected chi connectivity index (χ2v) is 4.83. The lowest BCUT2D eigenvalue weighted by atomic mass is 10.2. The minimum Gasteiger partial charge on any atom is -0.507 e. The number of halogens is 1. The lowest BCUT2D eigenvalue weighted by molar-refractivity contribution is -0.384. The Morgan fingerprint density at radius 2 is 1.92 bits per heavy atom. The molecule has 9 nitrogen and oxygen atoms in total. The number of hydrogen-bond donors (Lipinski definition) is 3. The van der Waals surface area contributed by atoms with Gasteiger partial charge in [-0.1, -0.05) is 11.6 Å². The summed E-state index contributed by atoms with van der Waals surface area (Å²) in [7, 11) is 0. The fourth-order valence-corrected chi connectivity index (χ4v) is 1.92. The van der Waals surface area contributed by atoms with Gasteiger partial charge in [-0.25, -0.2) is 9.59 Å². The van der Waals surface area contributed by atoms with Gasteiger partial charge in [-0.2, -0.15) is 0 Å². The third-order valence-electron chi connectivity index (χ3n) is 2.80. The molecular formula is C14H9ClN2O7. The van der Waals surface area contributed by atoms with Crippen molar-refractivity contribution in [2.45, 2.75) is 0 Å². The third kappa shape index (κ3) is 3.90. The van der Waals surface area contributed by atoms with E-state index in [9.17, 15) is 24.8 Å². The highest BCUT2D eigenvalue weighted by Gasteiger charge is 2.16. The summed E-state index contributed by atoms with van der Waals surface area (Å²) in [4.78, 5) is 32.6. The highest BCUT2D eigenvalue weighted by molar-refractivity contribution is 6.32. The van der Waals surface area contributed by atoms with Gasteiger partial charge < -0.3 is 14.9 Å². The van der Waals surface area contributed by atoms with E-state index in [1.807, 2.05) is 0 Å². The first-order valence-corrected chi connectivity index (χ1v) is 6.65. The summed E-state index contributed by atoms with van der Waals surface area (Å²) in [6.07, 6.45) is -0.992. The van der Waals surface area contributed by atoms with Crippen molar-refractivity contribution in [2.24, 2.45) is 0 Å². The van der Waals surface area contributed by atoms with Crippen molar-refractivity contribution in [1.82, 2.24) is 0 Å². The first kappa shape index (κ1) is 17.0. The van der Waals surface area contributed by atoms with Crippen molar-refractivity contribution >= 4 is 35.0 Å². The Hall–Kier alpha value is -3.33. The number of nitrogens with one attached hydrogen (secondary N) is 1. The zero-order chi connectivity index (χ0) is 17.9. The number of carbonyl (C=O) groups excluding carboxylic acids is 1. The van der Waals surface area contributed by atoms with Gasteiger partial charge in [0, 0.05) is 11.8 Å². The second kappa shape index (κ2) is 6.84. The normalized spacial score (nSPS) is 10.0. The molecule has 0 saturated heterocycles. The summed E-state index contributed by atoms with van der Waals surface area (Å²) in [5.41, 5.74) is -0.682. The number of ether oxygens (including phenoxy) is 1. The Morgan fingerprint density at radius 3 is 2.50 bits per heavy atom. The summed E-state index contributed by atoms with van der Waals surface area (Å²) in [5, 5.41) is 31.2. The number of carboxylic acids is 1. The highest BCUT2D eigenvalue weighted by Crippen LogP contribution is 2.29. The zero-order valence-electron chi connectivity index (χ0n) is 11.7. The molecule has 0 spiro atoms. The number of aromatic hydroxyl groups is 1. The molecule has 2 aromatic carbocycles. The quantitative estimate of drug-likeness (QED) is 0.566. The van der Waals surface area contributed by atoms with Crippen LogP contribution in [0.4, 0.5) is 16.2 Å². The molecule has 0 bridgehead atoms. The molecule has 0 atom stereocenters. The first-order valence-electron chi connectivity index (χ1n) is 6.27. The van der Waals surface area contributed by atoms with Gasteiger partial charge in [0.2, 0.25) is 0 Å². The molecule has 0 saturated carbocycles. The van der Waals surface area contributed by atoms with E-state index in [0.29, 0.717) is 0 Å². The molecule has 124 valence electrons. The number of aromatic carboxylic acids is 1. The van der Waals surface area contributed by atoms with Gasteiger partial charge in [-0.05, 0) is 24.3 Å². The molecule has 24 heavy (non-hydrogen) atoms. The zero-order valence-corrected chi connectivity index (χ0v) is 12.5. The van der Waals surface area contributed by atoms with E-state index in [1.165, 1.54) is 18.2 Å². The van der Waals surface area contributed by atoms with Gasteiger partial charge >= 0.3 is 12.1 Å². The van der Waals surface area contributed by atoms with E-state index >= 15 is 0 Å². The number of benzene rings is 2. The van der Waals surface area contributed by atoms with Crippen LogP contribution in [0.5, 0.6) is 11.5 Å². The van der Waals surface area contributed by atoms with E-state index in [1.54, 1.807) is 0 Å². The van der Waals surface area contributed by atoms with Gasteiger partial charge in [-0.3, -0.25) is 15.4 Å². The van der Waals surface area contributed by atoms with Gasteiger partial charge in [0.05, 0.1) is 11.0 Å².